The summed E-state index contributed by atoms with van der Waals surface area (Å²) in [6.07, 6.45) is 3.63. The number of anilines is 1. The monoisotopic (exact) mass is 332 g/mol. The highest BCUT2D eigenvalue weighted by Gasteiger charge is 2.24. The van der Waals surface area contributed by atoms with Gasteiger partial charge in [-0.2, -0.15) is 0 Å². The van der Waals surface area contributed by atoms with Gasteiger partial charge in [0.05, 0.1) is 25.1 Å². The van der Waals surface area contributed by atoms with Crippen LogP contribution in [0.4, 0.5) is 5.82 Å². The van der Waals surface area contributed by atoms with E-state index in [0.29, 0.717) is 0 Å². The van der Waals surface area contributed by atoms with Crippen LogP contribution in [0.25, 0.3) is 10.2 Å². The van der Waals surface area contributed by atoms with E-state index in [-0.39, 0.29) is 0 Å². The van der Waals surface area contributed by atoms with Crippen LogP contribution in [0.2, 0.25) is 0 Å². The molecule has 6 heteroatoms. The molecule has 124 valence electrons. The molecule has 0 bridgehead atoms. The molecular weight excluding hydrogens is 308 g/mol. The number of thiophene rings is 1. The Labute approximate surface area is 141 Å². The predicted octanol–water partition coefficient (Wildman–Crippen LogP) is 2.69. The average molecular weight is 332 g/mol. The summed E-state index contributed by atoms with van der Waals surface area (Å²) in [5, 5.41) is 4.58. The van der Waals surface area contributed by atoms with E-state index >= 15 is 0 Å². The molecule has 0 amide bonds. The summed E-state index contributed by atoms with van der Waals surface area (Å²) in [6.45, 7) is 6.72. The molecule has 0 radical (unpaired) electrons. The molecule has 1 N–H and O–H groups in total. The first-order valence-corrected chi connectivity index (χ1v) is 9.35. The Morgan fingerprint density at radius 1 is 1.30 bits per heavy atom. The van der Waals surface area contributed by atoms with Crippen molar-refractivity contribution in [2.45, 2.75) is 32.7 Å². The first-order chi connectivity index (χ1) is 11.2. The Morgan fingerprint density at radius 3 is 2.91 bits per heavy atom. The molecule has 1 atom stereocenters. The van der Waals surface area contributed by atoms with Gasteiger partial charge in [-0.05, 0) is 30.7 Å². The van der Waals surface area contributed by atoms with E-state index in [2.05, 4.69) is 17.1 Å². The van der Waals surface area contributed by atoms with Gasteiger partial charge in [0.15, 0.2) is 0 Å². The highest BCUT2D eigenvalue weighted by molar-refractivity contribution is 7.19. The number of rotatable bonds is 3. The smallest absolute Gasteiger partial charge is 0.146 e. The average Bonchev–Trinajstić information content (AvgIpc) is 2.92. The number of hydrogen-bond acceptors (Lipinski definition) is 6. The van der Waals surface area contributed by atoms with Gasteiger partial charge in [-0.25, -0.2) is 9.97 Å². The third-order valence-electron chi connectivity index (χ3n) is 4.91. The number of nitrogens with one attached hydrogen (secondary N) is 1. The summed E-state index contributed by atoms with van der Waals surface area (Å²) in [4.78, 5) is 14.8. The van der Waals surface area contributed by atoms with Gasteiger partial charge in [0, 0.05) is 25.0 Å². The molecule has 3 heterocycles. The Hall–Kier alpha value is -1.24. The van der Waals surface area contributed by atoms with E-state index in [1.54, 1.807) is 0 Å². The molecule has 1 aliphatic carbocycles. The number of morpholine rings is 1. The molecule has 1 saturated heterocycles. The molecule has 0 aromatic carbocycles. The molecule has 2 aromatic heterocycles. The van der Waals surface area contributed by atoms with Crippen LogP contribution in [0, 0.1) is 5.92 Å². The predicted molar refractivity (Wildman–Crippen MR) is 94.2 cm³/mol. The lowest BCUT2D eigenvalue weighted by atomic mass is 9.89. The van der Waals surface area contributed by atoms with Crippen LogP contribution in [0.5, 0.6) is 0 Å². The third-order valence-corrected chi connectivity index (χ3v) is 6.06. The molecule has 1 unspecified atom stereocenters. The van der Waals surface area contributed by atoms with Crippen LogP contribution in [-0.2, 0) is 24.1 Å². The first-order valence-electron chi connectivity index (χ1n) is 8.53. The van der Waals surface area contributed by atoms with Crippen LogP contribution in [0.15, 0.2) is 0 Å². The summed E-state index contributed by atoms with van der Waals surface area (Å²) < 4.78 is 5.42. The van der Waals surface area contributed by atoms with Crippen LogP contribution >= 0.6 is 11.3 Å². The summed E-state index contributed by atoms with van der Waals surface area (Å²) in [5.74, 6) is 2.72. The minimum absolute atomic E-state index is 0.786. The van der Waals surface area contributed by atoms with Crippen molar-refractivity contribution in [1.82, 2.24) is 14.9 Å². The maximum absolute atomic E-state index is 5.42. The fourth-order valence-corrected chi connectivity index (χ4v) is 5.00. The summed E-state index contributed by atoms with van der Waals surface area (Å²) in [7, 11) is 1.97. The molecule has 23 heavy (non-hydrogen) atoms. The molecule has 2 aliphatic rings. The fraction of sp³-hybridized carbons (Fsp3) is 0.647. The molecule has 1 aliphatic heterocycles. The van der Waals surface area contributed by atoms with Gasteiger partial charge in [-0.15, -0.1) is 11.3 Å². The van der Waals surface area contributed by atoms with Gasteiger partial charge >= 0.3 is 0 Å². The topological polar surface area (TPSA) is 50.3 Å². The molecule has 0 spiro atoms. The summed E-state index contributed by atoms with van der Waals surface area (Å²) in [5.41, 5.74) is 1.49. The molecule has 4 rings (SSSR count). The Morgan fingerprint density at radius 2 is 2.13 bits per heavy atom. The van der Waals surface area contributed by atoms with E-state index in [0.717, 1.165) is 61.7 Å². The zero-order valence-corrected chi connectivity index (χ0v) is 14.7. The SMILES string of the molecule is CNc1nc(CN2CCOCC2)nc2sc3c(c12)CCC(C)C3. The number of fused-ring (bicyclic) bond motifs is 3. The molecule has 5 nitrogen and oxygen atoms in total. The van der Waals surface area contributed by atoms with Crippen molar-refractivity contribution in [1.29, 1.82) is 0 Å². The fourth-order valence-electron chi connectivity index (χ4n) is 3.60. The zero-order chi connectivity index (χ0) is 15.8. The van der Waals surface area contributed by atoms with Crippen molar-refractivity contribution in [3.63, 3.8) is 0 Å². The Bertz CT molecular complexity index is 708. The summed E-state index contributed by atoms with van der Waals surface area (Å²) >= 11 is 1.87. The second kappa shape index (κ2) is 6.34. The summed E-state index contributed by atoms with van der Waals surface area (Å²) in [6, 6.07) is 0. The number of aryl methyl sites for hydroxylation is 1. The maximum atomic E-state index is 5.42. The molecule has 2 aromatic rings. The Kier molecular flexibility index (Phi) is 4.22. The van der Waals surface area contributed by atoms with Gasteiger partial charge in [-0.1, -0.05) is 6.92 Å². The van der Waals surface area contributed by atoms with Gasteiger partial charge < -0.3 is 10.1 Å². The van der Waals surface area contributed by atoms with E-state index in [4.69, 9.17) is 14.7 Å². The number of nitrogens with zero attached hydrogens (tertiary/aromatic N) is 3. The van der Waals surface area contributed by atoms with Crippen molar-refractivity contribution in [2.24, 2.45) is 5.92 Å². The van der Waals surface area contributed by atoms with Crippen molar-refractivity contribution >= 4 is 27.4 Å². The highest BCUT2D eigenvalue weighted by atomic mass is 32.1. The van der Waals surface area contributed by atoms with Gasteiger partial charge in [-0.3, -0.25) is 4.90 Å². The second-order valence-corrected chi connectivity index (χ2v) is 7.74. The lowest BCUT2D eigenvalue weighted by Gasteiger charge is -2.25. The van der Waals surface area contributed by atoms with E-state index in [9.17, 15) is 0 Å². The van der Waals surface area contributed by atoms with Gasteiger partial charge in [0.1, 0.15) is 16.5 Å². The number of hydrogen-bond donors (Lipinski definition) is 1. The van der Waals surface area contributed by atoms with Crippen molar-refractivity contribution < 1.29 is 4.74 Å². The minimum Gasteiger partial charge on any atom is -0.379 e. The van der Waals surface area contributed by atoms with Crippen molar-refractivity contribution in [3.05, 3.63) is 16.3 Å². The third kappa shape index (κ3) is 2.95. The first kappa shape index (κ1) is 15.3. The van der Waals surface area contributed by atoms with Crippen LogP contribution in [0.3, 0.4) is 0 Å². The van der Waals surface area contributed by atoms with Crippen LogP contribution in [-0.4, -0.2) is 48.2 Å². The van der Waals surface area contributed by atoms with E-state index in [1.807, 2.05) is 18.4 Å². The minimum atomic E-state index is 0.786. The standard InChI is InChI=1S/C17H24N4OS/c1-11-3-4-12-13(9-11)23-17-15(12)16(18-2)19-14(20-17)10-21-5-7-22-8-6-21/h11H,3-10H2,1-2H3,(H,18,19,20). The lowest BCUT2D eigenvalue weighted by molar-refractivity contribution is 0.0331. The second-order valence-electron chi connectivity index (χ2n) is 6.66. The van der Waals surface area contributed by atoms with Gasteiger partial charge in [0.2, 0.25) is 0 Å². The van der Waals surface area contributed by atoms with Crippen molar-refractivity contribution in [3.8, 4) is 0 Å². The van der Waals surface area contributed by atoms with Gasteiger partial charge in [0.25, 0.3) is 0 Å². The highest BCUT2D eigenvalue weighted by Crippen LogP contribution is 2.39. The molecule has 1 fully saturated rings. The Balaban J connectivity index is 1.70. The maximum Gasteiger partial charge on any atom is 0.146 e. The molecule has 0 saturated carbocycles. The zero-order valence-electron chi connectivity index (χ0n) is 13.9. The quantitative estimate of drug-likeness (QED) is 0.936. The van der Waals surface area contributed by atoms with E-state index < -0.39 is 0 Å². The van der Waals surface area contributed by atoms with E-state index in [1.165, 1.54) is 28.7 Å². The van der Waals surface area contributed by atoms with Crippen LogP contribution < -0.4 is 5.32 Å². The molecular formula is C17H24N4OS. The normalized spacial score (nSPS) is 22.3. The van der Waals surface area contributed by atoms with Crippen molar-refractivity contribution in [2.75, 3.05) is 38.7 Å². The largest absolute Gasteiger partial charge is 0.379 e. The lowest BCUT2D eigenvalue weighted by Crippen LogP contribution is -2.36. The van der Waals surface area contributed by atoms with Crippen LogP contribution in [0.1, 0.15) is 29.6 Å². The number of ether oxygens (including phenoxy) is 1. The number of aromatic nitrogens is 2.